The summed E-state index contributed by atoms with van der Waals surface area (Å²) in [7, 11) is 2.24. The summed E-state index contributed by atoms with van der Waals surface area (Å²) in [6, 6.07) is 8.82. The lowest BCUT2D eigenvalue weighted by atomic mass is 9.77. The molecule has 1 aromatic carbocycles. The van der Waals surface area contributed by atoms with E-state index in [1.807, 2.05) is 18.2 Å². The normalized spacial score (nSPS) is 26.3. The molecule has 2 aliphatic rings. The van der Waals surface area contributed by atoms with E-state index in [-0.39, 0.29) is 17.2 Å². The highest BCUT2D eigenvalue weighted by Crippen LogP contribution is 2.36. The van der Waals surface area contributed by atoms with Gasteiger partial charge in [-0.25, -0.2) is 0 Å². The van der Waals surface area contributed by atoms with E-state index < -0.39 is 6.04 Å². The van der Waals surface area contributed by atoms with Crippen molar-refractivity contribution >= 4 is 11.8 Å². The van der Waals surface area contributed by atoms with Gasteiger partial charge >= 0.3 is 0 Å². The number of hydrogen-bond acceptors (Lipinski definition) is 3. The van der Waals surface area contributed by atoms with Crippen LogP contribution >= 0.6 is 0 Å². The minimum atomic E-state index is -0.408. The summed E-state index contributed by atoms with van der Waals surface area (Å²) in [5.74, 6) is 0.502. The van der Waals surface area contributed by atoms with Crippen molar-refractivity contribution in [1.82, 2.24) is 15.1 Å². The maximum atomic E-state index is 13.4. The molecule has 1 aromatic rings. The Morgan fingerprint density at radius 2 is 1.94 bits per heavy atom. The molecule has 0 unspecified atom stereocenters. The number of amides is 2. The number of nitrogens with zero attached hydrogens (tertiary/aromatic N) is 2. The zero-order valence-electron chi connectivity index (χ0n) is 21.9. The fourth-order valence-corrected chi connectivity index (χ4v) is 5.64. The summed E-state index contributed by atoms with van der Waals surface area (Å²) in [6.07, 6.45) is 6.37. The third kappa shape index (κ3) is 5.98. The Balaban J connectivity index is 1.66. The van der Waals surface area contributed by atoms with Gasteiger partial charge in [0.2, 0.25) is 5.91 Å². The van der Waals surface area contributed by atoms with Gasteiger partial charge in [0.15, 0.2) is 0 Å². The Morgan fingerprint density at radius 1 is 1.21 bits per heavy atom. The first-order valence-electron chi connectivity index (χ1n) is 13.0. The van der Waals surface area contributed by atoms with Crippen LogP contribution in [0.15, 0.2) is 24.3 Å². The third-order valence-electron chi connectivity index (χ3n) is 7.90. The number of hydrogen-bond donors (Lipinski definition) is 1. The number of nitrogens with one attached hydrogen (secondary N) is 1. The predicted molar refractivity (Wildman–Crippen MR) is 135 cm³/mol. The van der Waals surface area contributed by atoms with Gasteiger partial charge in [-0.2, -0.15) is 0 Å². The van der Waals surface area contributed by atoms with Gasteiger partial charge < -0.3 is 15.1 Å². The van der Waals surface area contributed by atoms with Gasteiger partial charge in [-0.15, -0.1) is 0 Å². The van der Waals surface area contributed by atoms with E-state index in [0.29, 0.717) is 36.0 Å². The molecule has 0 radical (unpaired) electrons. The van der Waals surface area contributed by atoms with Crippen LogP contribution in [0.1, 0.15) is 96.0 Å². The van der Waals surface area contributed by atoms with Crippen LogP contribution in [0.2, 0.25) is 0 Å². The van der Waals surface area contributed by atoms with E-state index in [1.54, 1.807) is 0 Å². The van der Waals surface area contributed by atoms with Crippen LogP contribution in [0.4, 0.5) is 0 Å². The van der Waals surface area contributed by atoms with Crippen LogP contribution in [0.25, 0.3) is 0 Å². The Morgan fingerprint density at radius 3 is 2.58 bits per heavy atom. The van der Waals surface area contributed by atoms with Gasteiger partial charge in [-0.1, -0.05) is 46.2 Å². The molecule has 0 aromatic heterocycles. The van der Waals surface area contributed by atoms with E-state index >= 15 is 0 Å². The molecule has 0 bridgehead atoms. The second kappa shape index (κ2) is 10.6. The van der Waals surface area contributed by atoms with Gasteiger partial charge in [0.25, 0.3) is 5.91 Å². The summed E-state index contributed by atoms with van der Waals surface area (Å²) >= 11 is 0. The first-order chi connectivity index (χ1) is 15.5. The smallest absolute Gasteiger partial charge is 0.251 e. The molecule has 33 heavy (non-hydrogen) atoms. The standard InChI is InChI=1S/C28H45N3O2/c1-8-10-20-18-23(30(7)19(2)3)13-14-25(20)31-16-15-24(27(31)33)29-26(32)21-11-9-12-22(17-21)28(4,5)6/h9,11-12,17,19-20,23-25H,8,10,13-16,18H2,1-7H3,(H,29,32)/t20-,23-,24+,25+/m1/s1. The van der Waals surface area contributed by atoms with Gasteiger partial charge in [0.1, 0.15) is 6.04 Å². The molecule has 1 heterocycles. The lowest BCUT2D eigenvalue weighted by Crippen LogP contribution is -2.51. The summed E-state index contributed by atoms with van der Waals surface area (Å²) in [5.41, 5.74) is 1.74. The van der Waals surface area contributed by atoms with E-state index in [4.69, 9.17) is 0 Å². The summed E-state index contributed by atoms with van der Waals surface area (Å²) < 4.78 is 0. The monoisotopic (exact) mass is 455 g/mol. The molecule has 5 nitrogen and oxygen atoms in total. The maximum absolute atomic E-state index is 13.4. The Bertz CT molecular complexity index is 829. The highest BCUT2D eigenvalue weighted by molar-refractivity contribution is 5.98. The van der Waals surface area contributed by atoms with Crippen molar-refractivity contribution in [2.24, 2.45) is 5.92 Å². The van der Waals surface area contributed by atoms with Crippen molar-refractivity contribution in [2.75, 3.05) is 13.6 Å². The quantitative estimate of drug-likeness (QED) is 0.630. The second-order valence-electron chi connectivity index (χ2n) is 11.5. The molecule has 1 aliphatic heterocycles. The molecule has 4 atom stereocenters. The van der Waals surface area contributed by atoms with Crippen molar-refractivity contribution < 1.29 is 9.59 Å². The molecule has 1 aliphatic carbocycles. The Kier molecular flexibility index (Phi) is 8.26. The first-order valence-corrected chi connectivity index (χ1v) is 13.0. The molecule has 1 N–H and O–H groups in total. The maximum Gasteiger partial charge on any atom is 0.251 e. The van der Waals surface area contributed by atoms with Gasteiger partial charge in [-0.05, 0) is 82.0 Å². The Labute approximate surface area is 201 Å². The number of carbonyl (C=O) groups excluding carboxylic acids is 2. The topological polar surface area (TPSA) is 52.6 Å². The second-order valence-corrected chi connectivity index (χ2v) is 11.5. The molecule has 184 valence electrons. The molecule has 2 amide bonds. The van der Waals surface area contributed by atoms with E-state index in [2.05, 4.69) is 69.8 Å². The fourth-order valence-electron chi connectivity index (χ4n) is 5.64. The third-order valence-corrected chi connectivity index (χ3v) is 7.90. The molecular formula is C28H45N3O2. The van der Waals surface area contributed by atoms with E-state index in [1.165, 1.54) is 0 Å². The first kappa shape index (κ1) is 25.7. The van der Waals surface area contributed by atoms with Crippen molar-refractivity contribution in [3.8, 4) is 0 Å². The van der Waals surface area contributed by atoms with E-state index in [0.717, 1.165) is 44.2 Å². The highest BCUT2D eigenvalue weighted by Gasteiger charge is 2.42. The Hall–Kier alpha value is -1.88. The molecule has 2 fully saturated rings. The van der Waals surface area contributed by atoms with Crippen molar-refractivity contribution in [3.63, 3.8) is 0 Å². The van der Waals surface area contributed by atoms with Crippen molar-refractivity contribution in [3.05, 3.63) is 35.4 Å². The van der Waals surface area contributed by atoms with Crippen LogP contribution in [-0.2, 0) is 10.2 Å². The summed E-state index contributed by atoms with van der Waals surface area (Å²) in [5, 5.41) is 3.04. The van der Waals surface area contributed by atoms with Gasteiger partial charge in [0.05, 0.1) is 0 Å². The fraction of sp³-hybridized carbons (Fsp3) is 0.714. The molecule has 0 spiro atoms. The molecule has 3 rings (SSSR count). The summed E-state index contributed by atoms with van der Waals surface area (Å²) in [4.78, 5) is 30.9. The van der Waals surface area contributed by atoms with E-state index in [9.17, 15) is 9.59 Å². The average Bonchev–Trinajstić information content (AvgIpc) is 3.12. The number of benzene rings is 1. The van der Waals surface area contributed by atoms with Crippen LogP contribution in [-0.4, -0.2) is 59.4 Å². The number of carbonyl (C=O) groups is 2. The van der Waals surface area contributed by atoms with Crippen LogP contribution < -0.4 is 5.32 Å². The number of likely N-dealkylation sites (tertiary alicyclic amines) is 1. The highest BCUT2D eigenvalue weighted by atomic mass is 16.2. The number of rotatable bonds is 7. The van der Waals surface area contributed by atoms with Crippen LogP contribution in [0.5, 0.6) is 0 Å². The molecule has 1 saturated heterocycles. The lowest BCUT2D eigenvalue weighted by Gasteiger charge is -2.44. The molecule has 1 saturated carbocycles. The lowest BCUT2D eigenvalue weighted by molar-refractivity contribution is -0.133. The van der Waals surface area contributed by atoms with Gasteiger partial charge in [-0.3, -0.25) is 9.59 Å². The predicted octanol–water partition coefficient (Wildman–Crippen LogP) is 4.99. The zero-order valence-corrected chi connectivity index (χ0v) is 21.9. The minimum absolute atomic E-state index is 0.0208. The van der Waals surface area contributed by atoms with Crippen LogP contribution in [0.3, 0.4) is 0 Å². The van der Waals surface area contributed by atoms with Gasteiger partial charge in [0, 0.05) is 30.2 Å². The average molecular weight is 456 g/mol. The SMILES string of the molecule is CCC[C@@H]1C[C@H](N(C)C(C)C)CC[C@@H]1N1CC[C@H](NC(=O)c2cccc(C(C)(C)C)c2)C1=O. The zero-order chi connectivity index (χ0) is 24.3. The largest absolute Gasteiger partial charge is 0.340 e. The minimum Gasteiger partial charge on any atom is -0.340 e. The van der Waals surface area contributed by atoms with Crippen LogP contribution in [0, 0.1) is 5.92 Å². The molecule has 5 heteroatoms. The van der Waals surface area contributed by atoms with Crippen molar-refractivity contribution in [2.45, 2.75) is 110 Å². The molecular weight excluding hydrogens is 410 g/mol. The van der Waals surface area contributed by atoms with Crippen molar-refractivity contribution in [1.29, 1.82) is 0 Å². The summed E-state index contributed by atoms with van der Waals surface area (Å²) in [6.45, 7) is 13.9.